The van der Waals surface area contributed by atoms with E-state index in [4.69, 9.17) is 4.74 Å². The number of thiazole rings is 1. The molecule has 1 atom stereocenters. The molecule has 0 saturated heterocycles. The summed E-state index contributed by atoms with van der Waals surface area (Å²) in [5.74, 6) is 0.00115. The van der Waals surface area contributed by atoms with Crippen molar-refractivity contribution in [2.24, 2.45) is 4.99 Å². The fraction of sp³-hybridized carbons (Fsp3) is 0.321. The molecule has 0 amide bonds. The molecule has 6 heteroatoms. The van der Waals surface area contributed by atoms with E-state index in [1.807, 2.05) is 63.2 Å². The number of esters is 1. The van der Waals surface area contributed by atoms with Gasteiger partial charge in [-0.05, 0) is 56.4 Å². The molecule has 0 aliphatic carbocycles. The summed E-state index contributed by atoms with van der Waals surface area (Å²) >= 11 is 1.34. The van der Waals surface area contributed by atoms with Crippen LogP contribution in [0.15, 0.2) is 69.6 Å². The van der Waals surface area contributed by atoms with E-state index < -0.39 is 12.0 Å². The third kappa shape index (κ3) is 4.68. The van der Waals surface area contributed by atoms with Gasteiger partial charge >= 0.3 is 5.97 Å². The van der Waals surface area contributed by atoms with Gasteiger partial charge in [-0.1, -0.05) is 79.3 Å². The van der Waals surface area contributed by atoms with E-state index in [1.54, 1.807) is 11.5 Å². The van der Waals surface area contributed by atoms with Crippen LogP contribution in [0.2, 0.25) is 0 Å². The minimum atomic E-state index is -0.589. The number of carbonyl (C=O) groups is 1. The first-order chi connectivity index (χ1) is 16.2. The van der Waals surface area contributed by atoms with Crippen LogP contribution in [0.4, 0.5) is 0 Å². The van der Waals surface area contributed by atoms with E-state index >= 15 is 0 Å². The Labute approximate surface area is 203 Å². The van der Waals surface area contributed by atoms with Crippen LogP contribution < -0.4 is 14.9 Å². The quantitative estimate of drug-likeness (QED) is 0.507. The molecule has 0 saturated carbocycles. The van der Waals surface area contributed by atoms with Gasteiger partial charge in [-0.3, -0.25) is 9.36 Å². The summed E-state index contributed by atoms with van der Waals surface area (Å²) in [5, 5.41) is 0. The van der Waals surface area contributed by atoms with Gasteiger partial charge in [-0.2, -0.15) is 0 Å². The van der Waals surface area contributed by atoms with Gasteiger partial charge in [0.25, 0.3) is 5.56 Å². The molecule has 1 unspecified atom stereocenters. The second kappa shape index (κ2) is 9.55. The van der Waals surface area contributed by atoms with Crippen molar-refractivity contribution in [3.8, 4) is 0 Å². The summed E-state index contributed by atoms with van der Waals surface area (Å²) in [4.78, 5) is 32.0. The summed E-state index contributed by atoms with van der Waals surface area (Å²) in [6, 6.07) is 15.5. The first-order valence-corrected chi connectivity index (χ1v) is 12.4. The molecule has 3 aromatic rings. The van der Waals surface area contributed by atoms with Crippen molar-refractivity contribution in [1.29, 1.82) is 0 Å². The van der Waals surface area contributed by atoms with Crippen molar-refractivity contribution in [1.82, 2.24) is 4.57 Å². The number of nitrogens with zero attached hydrogens (tertiary/aromatic N) is 2. The van der Waals surface area contributed by atoms with Crippen LogP contribution >= 0.6 is 11.3 Å². The summed E-state index contributed by atoms with van der Waals surface area (Å²) in [6.07, 6.45) is 1.62. The van der Waals surface area contributed by atoms with Crippen molar-refractivity contribution < 1.29 is 9.53 Å². The van der Waals surface area contributed by atoms with Crippen LogP contribution in [0.3, 0.4) is 0 Å². The van der Waals surface area contributed by atoms with E-state index in [0.717, 1.165) is 16.7 Å². The van der Waals surface area contributed by atoms with Crippen LogP contribution in [0.1, 0.15) is 68.8 Å². The highest BCUT2D eigenvalue weighted by Crippen LogP contribution is 2.31. The van der Waals surface area contributed by atoms with Crippen LogP contribution in [0, 0.1) is 6.92 Å². The molecule has 0 fully saturated rings. The molecular weight excluding hydrogens is 444 g/mol. The number of hydrogen-bond acceptors (Lipinski definition) is 5. The van der Waals surface area contributed by atoms with Crippen molar-refractivity contribution in [2.45, 2.75) is 59.6 Å². The highest BCUT2D eigenvalue weighted by molar-refractivity contribution is 7.07. The van der Waals surface area contributed by atoms with Gasteiger partial charge in [0.05, 0.1) is 27.9 Å². The van der Waals surface area contributed by atoms with Crippen LogP contribution in [0.25, 0.3) is 6.08 Å². The number of carbonyl (C=O) groups excluding carboxylic acids is 1. The van der Waals surface area contributed by atoms with Gasteiger partial charge in [-0.15, -0.1) is 0 Å². The standard InChI is InChI=1S/C28H30N2O3S/c1-16(2)21-13-9-20(10-14-21)15-23-26(31)30-25(22-11-7-18(5)8-12-22)24(27(32)33-17(3)4)19(6)29-28(30)34-23/h7-17,25H,1-6H3. The summed E-state index contributed by atoms with van der Waals surface area (Å²) in [7, 11) is 0. The lowest BCUT2D eigenvalue weighted by Crippen LogP contribution is -2.40. The molecule has 0 spiro atoms. The molecule has 1 aromatic heterocycles. The number of aryl methyl sites for hydroxylation is 1. The SMILES string of the molecule is CC1=C(C(=O)OC(C)C)C(c2ccc(C)cc2)n2c(sc(=Cc3ccc(C(C)C)cc3)c2=O)=N1. The smallest absolute Gasteiger partial charge is 0.338 e. The van der Waals surface area contributed by atoms with E-state index in [1.165, 1.54) is 16.9 Å². The number of rotatable bonds is 5. The minimum Gasteiger partial charge on any atom is -0.459 e. The molecule has 5 nitrogen and oxygen atoms in total. The highest BCUT2D eigenvalue weighted by atomic mass is 32.1. The van der Waals surface area contributed by atoms with Gasteiger partial charge in [0.15, 0.2) is 4.80 Å². The van der Waals surface area contributed by atoms with Crippen LogP contribution in [-0.4, -0.2) is 16.6 Å². The maximum absolute atomic E-state index is 13.6. The van der Waals surface area contributed by atoms with Crippen molar-refractivity contribution in [3.05, 3.63) is 102 Å². The fourth-order valence-corrected chi connectivity index (χ4v) is 5.10. The normalized spacial score (nSPS) is 16.1. The summed E-state index contributed by atoms with van der Waals surface area (Å²) in [6.45, 7) is 11.8. The number of ether oxygens (including phenoxy) is 1. The predicted octanol–water partition coefficient (Wildman–Crippen LogP) is 4.62. The predicted molar refractivity (Wildman–Crippen MR) is 137 cm³/mol. The zero-order valence-electron chi connectivity index (χ0n) is 20.5. The lowest BCUT2D eigenvalue weighted by molar-refractivity contribution is -0.143. The van der Waals surface area contributed by atoms with Crippen molar-refractivity contribution in [2.75, 3.05) is 0 Å². The first-order valence-electron chi connectivity index (χ1n) is 11.6. The Hall–Kier alpha value is -3.25. The van der Waals surface area contributed by atoms with E-state index in [9.17, 15) is 9.59 Å². The van der Waals surface area contributed by atoms with Gasteiger partial charge in [-0.25, -0.2) is 9.79 Å². The average molecular weight is 475 g/mol. The molecule has 0 radical (unpaired) electrons. The average Bonchev–Trinajstić information content (AvgIpc) is 3.07. The Kier molecular flexibility index (Phi) is 6.71. The summed E-state index contributed by atoms with van der Waals surface area (Å²) in [5.41, 5.74) is 4.98. The molecule has 4 rings (SSSR count). The zero-order chi connectivity index (χ0) is 24.6. The fourth-order valence-electron chi connectivity index (χ4n) is 4.05. The van der Waals surface area contributed by atoms with E-state index in [2.05, 4.69) is 31.0 Å². The zero-order valence-corrected chi connectivity index (χ0v) is 21.3. The number of benzene rings is 2. The molecule has 2 heterocycles. The van der Waals surface area contributed by atoms with Gasteiger partial charge in [0.2, 0.25) is 0 Å². The van der Waals surface area contributed by atoms with Gasteiger partial charge in [0, 0.05) is 0 Å². The topological polar surface area (TPSA) is 60.7 Å². The maximum atomic E-state index is 13.6. The van der Waals surface area contributed by atoms with Crippen LogP contribution in [-0.2, 0) is 9.53 Å². The van der Waals surface area contributed by atoms with Crippen LogP contribution in [0.5, 0.6) is 0 Å². The third-order valence-corrected chi connectivity index (χ3v) is 6.86. The molecular formula is C28H30N2O3S. The summed E-state index contributed by atoms with van der Waals surface area (Å²) < 4.78 is 7.76. The number of hydrogen-bond donors (Lipinski definition) is 0. The molecule has 0 bridgehead atoms. The van der Waals surface area contributed by atoms with Gasteiger partial charge < -0.3 is 4.74 Å². The molecule has 2 aromatic carbocycles. The Morgan fingerprint density at radius 1 is 1.03 bits per heavy atom. The highest BCUT2D eigenvalue weighted by Gasteiger charge is 2.33. The monoisotopic (exact) mass is 474 g/mol. The maximum Gasteiger partial charge on any atom is 0.338 e. The largest absolute Gasteiger partial charge is 0.459 e. The van der Waals surface area contributed by atoms with Gasteiger partial charge in [0.1, 0.15) is 0 Å². The number of fused-ring (bicyclic) bond motifs is 1. The molecule has 1 aliphatic heterocycles. The second-order valence-corrected chi connectivity index (χ2v) is 10.3. The second-order valence-electron chi connectivity index (χ2n) is 9.27. The third-order valence-electron chi connectivity index (χ3n) is 5.88. The lowest BCUT2D eigenvalue weighted by Gasteiger charge is -2.25. The lowest BCUT2D eigenvalue weighted by atomic mass is 9.95. The Morgan fingerprint density at radius 2 is 1.68 bits per heavy atom. The Balaban J connectivity index is 1.89. The van der Waals surface area contributed by atoms with E-state index in [0.29, 0.717) is 26.5 Å². The molecule has 176 valence electrons. The number of allylic oxidation sites excluding steroid dienone is 1. The molecule has 0 N–H and O–H groups in total. The molecule has 34 heavy (non-hydrogen) atoms. The van der Waals surface area contributed by atoms with Crippen molar-refractivity contribution >= 4 is 23.4 Å². The van der Waals surface area contributed by atoms with Crippen molar-refractivity contribution in [3.63, 3.8) is 0 Å². The Bertz CT molecular complexity index is 1420. The molecule has 1 aliphatic rings. The Morgan fingerprint density at radius 3 is 2.26 bits per heavy atom. The van der Waals surface area contributed by atoms with E-state index in [-0.39, 0.29) is 11.7 Å². The number of aromatic nitrogens is 1. The first kappa shape index (κ1) is 23.9. The minimum absolute atomic E-state index is 0.162.